The van der Waals surface area contributed by atoms with E-state index in [0.29, 0.717) is 0 Å². The highest BCUT2D eigenvalue weighted by Crippen LogP contribution is 2.15. The second kappa shape index (κ2) is 4.27. The summed E-state index contributed by atoms with van der Waals surface area (Å²) in [5.41, 5.74) is 5.49. The molecule has 0 spiro atoms. The molecule has 0 atom stereocenters. The van der Waals surface area contributed by atoms with E-state index < -0.39 is 0 Å². The number of allylic oxidation sites excluding steroid dienone is 1. The van der Waals surface area contributed by atoms with Gasteiger partial charge in [0.05, 0.1) is 0 Å². The summed E-state index contributed by atoms with van der Waals surface area (Å²) in [7, 11) is 0. The van der Waals surface area contributed by atoms with Crippen molar-refractivity contribution in [2.45, 2.75) is 34.1 Å². The minimum absolute atomic E-state index is 1.13. The Bertz CT molecular complexity index is 319. The van der Waals surface area contributed by atoms with Gasteiger partial charge in [0, 0.05) is 0 Å². The molecule has 0 saturated carbocycles. The predicted molar refractivity (Wildman–Crippen MR) is 59.9 cm³/mol. The average molecular weight is 174 g/mol. The smallest absolute Gasteiger partial charge is 0.0228 e. The van der Waals surface area contributed by atoms with E-state index in [9.17, 15) is 0 Å². The Balaban J connectivity index is 3.03. The molecule has 0 aliphatic rings. The minimum Gasteiger partial charge on any atom is -0.0730 e. The molecule has 0 aromatic heterocycles. The molecular formula is C13H18. The molecule has 0 unspecified atom stereocenters. The summed E-state index contributed by atoms with van der Waals surface area (Å²) in [4.78, 5) is 0. The van der Waals surface area contributed by atoms with Crippen LogP contribution in [0.25, 0.3) is 6.08 Å². The molecule has 0 radical (unpaired) electrons. The highest BCUT2D eigenvalue weighted by molar-refractivity contribution is 5.56. The summed E-state index contributed by atoms with van der Waals surface area (Å²) in [5.74, 6) is 0. The van der Waals surface area contributed by atoms with E-state index in [2.05, 4.69) is 52.0 Å². The first-order valence-corrected chi connectivity index (χ1v) is 4.88. The molecule has 0 aliphatic carbocycles. The fourth-order valence-electron chi connectivity index (χ4n) is 1.36. The fourth-order valence-corrected chi connectivity index (χ4v) is 1.36. The van der Waals surface area contributed by atoms with Crippen LogP contribution in [0.3, 0.4) is 0 Å². The molecule has 0 heteroatoms. The SMILES string of the molecule is CC/C(C)=C/c1ccc(C)cc1C. The van der Waals surface area contributed by atoms with Gasteiger partial charge in [-0.15, -0.1) is 0 Å². The number of benzene rings is 1. The van der Waals surface area contributed by atoms with Gasteiger partial charge in [0.25, 0.3) is 0 Å². The monoisotopic (exact) mass is 174 g/mol. The molecule has 70 valence electrons. The van der Waals surface area contributed by atoms with Gasteiger partial charge in [0.2, 0.25) is 0 Å². The molecule has 0 fully saturated rings. The quantitative estimate of drug-likeness (QED) is 0.632. The van der Waals surface area contributed by atoms with E-state index in [1.807, 2.05) is 0 Å². The van der Waals surface area contributed by atoms with E-state index in [0.717, 1.165) is 6.42 Å². The number of hydrogen-bond acceptors (Lipinski definition) is 0. The van der Waals surface area contributed by atoms with Crippen molar-refractivity contribution in [3.8, 4) is 0 Å². The lowest BCUT2D eigenvalue weighted by atomic mass is 10.0. The van der Waals surface area contributed by atoms with Crippen molar-refractivity contribution in [2.24, 2.45) is 0 Å². The van der Waals surface area contributed by atoms with E-state index in [-0.39, 0.29) is 0 Å². The Morgan fingerprint density at radius 1 is 1.31 bits per heavy atom. The molecule has 0 bridgehead atoms. The van der Waals surface area contributed by atoms with Crippen molar-refractivity contribution in [3.05, 3.63) is 40.5 Å². The van der Waals surface area contributed by atoms with E-state index in [1.165, 1.54) is 22.3 Å². The van der Waals surface area contributed by atoms with Crippen LogP contribution >= 0.6 is 0 Å². The van der Waals surface area contributed by atoms with Gasteiger partial charge in [0.15, 0.2) is 0 Å². The van der Waals surface area contributed by atoms with Crippen LogP contribution in [0.4, 0.5) is 0 Å². The minimum atomic E-state index is 1.13. The van der Waals surface area contributed by atoms with E-state index in [1.54, 1.807) is 0 Å². The van der Waals surface area contributed by atoms with Gasteiger partial charge in [-0.25, -0.2) is 0 Å². The summed E-state index contributed by atoms with van der Waals surface area (Å²) < 4.78 is 0. The highest BCUT2D eigenvalue weighted by atomic mass is 14.0. The maximum Gasteiger partial charge on any atom is -0.0228 e. The lowest BCUT2D eigenvalue weighted by Crippen LogP contribution is -1.83. The van der Waals surface area contributed by atoms with Gasteiger partial charge < -0.3 is 0 Å². The second-order valence-electron chi connectivity index (χ2n) is 3.70. The maximum absolute atomic E-state index is 2.27. The van der Waals surface area contributed by atoms with Gasteiger partial charge in [-0.1, -0.05) is 42.3 Å². The summed E-state index contributed by atoms with van der Waals surface area (Å²) in [6.07, 6.45) is 3.40. The summed E-state index contributed by atoms with van der Waals surface area (Å²) in [6.45, 7) is 8.67. The van der Waals surface area contributed by atoms with Gasteiger partial charge in [0.1, 0.15) is 0 Å². The molecule has 0 N–H and O–H groups in total. The zero-order valence-electron chi connectivity index (χ0n) is 9.02. The maximum atomic E-state index is 2.27. The molecule has 1 rings (SSSR count). The molecule has 1 aromatic rings. The molecule has 0 saturated heterocycles. The molecular weight excluding hydrogens is 156 g/mol. The third-order valence-electron chi connectivity index (χ3n) is 2.38. The first-order chi connectivity index (χ1) is 6.13. The average Bonchev–Trinajstić information content (AvgIpc) is 2.09. The van der Waals surface area contributed by atoms with Crippen molar-refractivity contribution >= 4 is 6.08 Å². The summed E-state index contributed by atoms with van der Waals surface area (Å²) in [6, 6.07) is 6.60. The lowest BCUT2D eigenvalue weighted by Gasteiger charge is -2.03. The molecule has 1 aromatic carbocycles. The highest BCUT2D eigenvalue weighted by Gasteiger charge is 1.95. The number of hydrogen-bond donors (Lipinski definition) is 0. The Labute approximate surface area is 81.3 Å². The molecule has 0 heterocycles. The Hall–Kier alpha value is -1.04. The van der Waals surface area contributed by atoms with Crippen LogP contribution in [0.2, 0.25) is 0 Å². The Kier molecular flexibility index (Phi) is 3.30. The van der Waals surface area contributed by atoms with Crippen LogP contribution in [-0.2, 0) is 0 Å². The standard InChI is InChI=1S/C13H18/c1-5-10(2)9-13-7-6-11(3)8-12(13)4/h6-9H,5H2,1-4H3/b10-9+. The van der Waals surface area contributed by atoms with Crippen LogP contribution in [0, 0.1) is 13.8 Å². The predicted octanol–water partition coefficient (Wildman–Crippen LogP) is 4.12. The Morgan fingerprint density at radius 3 is 2.54 bits per heavy atom. The van der Waals surface area contributed by atoms with Gasteiger partial charge in [-0.05, 0) is 38.3 Å². The fraction of sp³-hybridized carbons (Fsp3) is 0.385. The van der Waals surface area contributed by atoms with Crippen molar-refractivity contribution in [2.75, 3.05) is 0 Å². The van der Waals surface area contributed by atoms with Gasteiger partial charge >= 0.3 is 0 Å². The summed E-state index contributed by atoms with van der Waals surface area (Å²) in [5, 5.41) is 0. The largest absolute Gasteiger partial charge is 0.0730 e. The molecule has 0 amide bonds. The van der Waals surface area contributed by atoms with Crippen LogP contribution in [0.5, 0.6) is 0 Å². The molecule has 0 aliphatic heterocycles. The van der Waals surface area contributed by atoms with E-state index in [4.69, 9.17) is 0 Å². The van der Waals surface area contributed by atoms with Crippen molar-refractivity contribution in [3.63, 3.8) is 0 Å². The third-order valence-corrected chi connectivity index (χ3v) is 2.38. The van der Waals surface area contributed by atoms with Crippen molar-refractivity contribution in [1.29, 1.82) is 0 Å². The molecule has 13 heavy (non-hydrogen) atoms. The normalized spacial score (nSPS) is 11.8. The van der Waals surface area contributed by atoms with Gasteiger partial charge in [-0.2, -0.15) is 0 Å². The second-order valence-corrected chi connectivity index (χ2v) is 3.70. The number of aryl methyl sites for hydroxylation is 2. The van der Waals surface area contributed by atoms with Gasteiger partial charge in [-0.3, -0.25) is 0 Å². The number of rotatable bonds is 2. The van der Waals surface area contributed by atoms with Crippen molar-refractivity contribution < 1.29 is 0 Å². The zero-order valence-corrected chi connectivity index (χ0v) is 9.02. The zero-order chi connectivity index (χ0) is 9.84. The summed E-state index contributed by atoms with van der Waals surface area (Å²) >= 11 is 0. The third kappa shape index (κ3) is 2.73. The van der Waals surface area contributed by atoms with Crippen molar-refractivity contribution in [1.82, 2.24) is 0 Å². The lowest BCUT2D eigenvalue weighted by molar-refractivity contribution is 1.11. The van der Waals surface area contributed by atoms with E-state index >= 15 is 0 Å². The van der Waals surface area contributed by atoms with Crippen LogP contribution in [0.15, 0.2) is 23.8 Å². The van der Waals surface area contributed by atoms with Crippen LogP contribution in [-0.4, -0.2) is 0 Å². The van der Waals surface area contributed by atoms with Crippen LogP contribution in [0.1, 0.15) is 37.0 Å². The van der Waals surface area contributed by atoms with Crippen LogP contribution < -0.4 is 0 Å². The first kappa shape index (κ1) is 10.0. The topological polar surface area (TPSA) is 0 Å². The molecule has 0 nitrogen and oxygen atoms in total. The first-order valence-electron chi connectivity index (χ1n) is 4.88. The Morgan fingerprint density at radius 2 is 2.00 bits per heavy atom.